The van der Waals surface area contributed by atoms with Gasteiger partial charge in [-0.1, -0.05) is 24.3 Å². The van der Waals surface area contributed by atoms with Gasteiger partial charge in [0.1, 0.15) is 16.9 Å². The standard InChI is InChI=1S/C16H9ClFNO2/c17-13-14(19-10-7-5-9(18)6-8-10)16(21)12-4-2-1-3-11(12)15(13)20/h1-8,13H. The van der Waals surface area contributed by atoms with Gasteiger partial charge in [-0.25, -0.2) is 9.38 Å². The van der Waals surface area contributed by atoms with Crippen molar-refractivity contribution in [3.8, 4) is 0 Å². The Bertz CT molecular complexity index is 768. The second kappa shape index (κ2) is 5.22. The lowest BCUT2D eigenvalue weighted by molar-refractivity contribution is 0.0968. The molecule has 0 aliphatic heterocycles. The van der Waals surface area contributed by atoms with Crippen LogP contribution in [0.4, 0.5) is 10.1 Å². The van der Waals surface area contributed by atoms with E-state index in [1.165, 1.54) is 24.3 Å². The van der Waals surface area contributed by atoms with E-state index < -0.39 is 11.2 Å². The summed E-state index contributed by atoms with van der Waals surface area (Å²) in [6.45, 7) is 0. The molecule has 5 heteroatoms. The molecule has 3 rings (SSSR count). The lowest BCUT2D eigenvalue weighted by Gasteiger charge is -2.19. The summed E-state index contributed by atoms with van der Waals surface area (Å²) in [6, 6.07) is 11.8. The molecule has 0 radical (unpaired) electrons. The fourth-order valence-electron chi connectivity index (χ4n) is 2.17. The molecule has 1 aliphatic carbocycles. The number of carbonyl (C=O) groups is 2. The fourth-order valence-corrected chi connectivity index (χ4v) is 2.44. The van der Waals surface area contributed by atoms with Crippen molar-refractivity contribution in [3.63, 3.8) is 0 Å². The molecule has 0 heterocycles. The third kappa shape index (κ3) is 2.38. The lowest BCUT2D eigenvalue weighted by atomic mass is 9.88. The molecular formula is C16H9ClFNO2. The highest BCUT2D eigenvalue weighted by Gasteiger charge is 2.36. The number of Topliss-reactive ketones (excluding diaryl/α,β-unsaturated/α-hetero) is 2. The minimum Gasteiger partial charge on any atom is -0.292 e. The van der Waals surface area contributed by atoms with Crippen molar-refractivity contribution in [1.82, 2.24) is 0 Å². The van der Waals surface area contributed by atoms with E-state index in [0.717, 1.165) is 0 Å². The minimum absolute atomic E-state index is 0.0352. The predicted molar refractivity (Wildman–Crippen MR) is 78.2 cm³/mol. The third-order valence-electron chi connectivity index (χ3n) is 3.22. The van der Waals surface area contributed by atoms with Crippen LogP contribution in [0.3, 0.4) is 0 Å². The van der Waals surface area contributed by atoms with Gasteiger partial charge in [0.15, 0.2) is 5.78 Å². The van der Waals surface area contributed by atoms with E-state index >= 15 is 0 Å². The highest BCUT2D eigenvalue weighted by atomic mass is 35.5. The number of aliphatic imine (C=N–C) groups is 1. The molecule has 21 heavy (non-hydrogen) atoms. The molecule has 2 aromatic rings. The SMILES string of the molecule is O=C1C(=Nc2ccc(F)cc2)C(Cl)C(=O)c2ccccc21. The highest BCUT2D eigenvalue weighted by molar-refractivity contribution is 6.65. The van der Waals surface area contributed by atoms with Gasteiger partial charge in [0.25, 0.3) is 0 Å². The van der Waals surface area contributed by atoms with Gasteiger partial charge in [-0.2, -0.15) is 0 Å². The van der Waals surface area contributed by atoms with Crippen LogP contribution in [0.15, 0.2) is 53.5 Å². The van der Waals surface area contributed by atoms with E-state index in [1.54, 1.807) is 24.3 Å². The number of alkyl halides is 1. The zero-order chi connectivity index (χ0) is 15.0. The quantitative estimate of drug-likeness (QED) is 0.756. The number of fused-ring (bicyclic) bond motifs is 1. The lowest BCUT2D eigenvalue weighted by Crippen LogP contribution is -2.37. The van der Waals surface area contributed by atoms with Crippen molar-refractivity contribution in [2.45, 2.75) is 5.38 Å². The molecule has 1 aliphatic rings. The Labute approximate surface area is 125 Å². The Balaban J connectivity index is 2.10. The predicted octanol–water partition coefficient (Wildman–Crippen LogP) is 3.58. The smallest absolute Gasteiger partial charge is 0.209 e. The van der Waals surface area contributed by atoms with Gasteiger partial charge in [-0.05, 0) is 24.3 Å². The maximum Gasteiger partial charge on any atom is 0.209 e. The third-order valence-corrected chi connectivity index (χ3v) is 3.62. The molecule has 0 spiro atoms. The molecule has 3 nitrogen and oxygen atoms in total. The van der Waals surface area contributed by atoms with Crippen LogP contribution in [0.1, 0.15) is 20.7 Å². The molecule has 1 unspecified atom stereocenters. The molecule has 1 atom stereocenters. The van der Waals surface area contributed by atoms with Crippen LogP contribution >= 0.6 is 11.6 Å². The molecule has 0 bridgehead atoms. The average molecular weight is 302 g/mol. The van der Waals surface area contributed by atoms with Crippen LogP contribution in [0, 0.1) is 5.82 Å². The van der Waals surface area contributed by atoms with Crippen molar-refractivity contribution in [1.29, 1.82) is 0 Å². The zero-order valence-electron chi connectivity index (χ0n) is 10.7. The average Bonchev–Trinajstić information content (AvgIpc) is 2.51. The number of benzene rings is 2. The molecule has 0 N–H and O–H groups in total. The number of ketones is 2. The van der Waals surface area contributed by atoms with E-state index in [9.17, 15) is 14.0 Å². The zero-order valence-corrected chi connectivity index (χ0v) is 11.5. The number of rotatable bonds is 1. The van der Waals surface area contributed by atoms with E-state index in [1.807, 2.05) is 0 Å². The van der Waals surface area contributed by atoms with Gasteiger partial charge >= 0.3 is 0 Å². The van der Waals surface area contributed by atoms with E-state index in [4.69, 9.17) is 11.6 Å². The van der Waals surface area contributed by atoms with Gasteiger partial charge in [-0.3, -0.25) is 9.59 Å². The van der Waals surface area contributed by atoms with Crippen LogP contribution in [-0.4, -0.2) is 22.7 Å². The summed E-state index contributed by atoms with van der Waals surface area (Å²) in [5.74, 6) is -1.14. The van der Waals surface area contributed by atoms with Crippen molar-refractivity contribution in [2.24, 2.45) is 4.99 Å². The van der Waals surface area contributed by atoms with Crippen LogP contribution in [0.25, 0.3) is 0 Å². The number of carbonyl (C=O) groups excluding carboxylic acids is 2. The van der Waals surface area contributed by atoms with Gasteiger partial charge in [0.05, 0.1) is 5.69 Å². The Morgan fingerprint density at radius 2 is 1.57 bits per heavy atom. The summed E-state index contributed by atoms with van der Waals surface area (Å²) < 4.78 is 12.9. The summed E-state index contributed by atoms with van der Waals surface area (Å²) in [4.78, 5) is 28.7. The molecule has 0 saturated heterocycles. The van der Waals surface area contributed by atoms with Crippen molar-refractivity contribution >= 4 is 34.6 Å². The van der Waals surface area contributed by atoms with Crippen LogP contribution in [0.5, 0.6) is 0 Å². The first kappa shape index (κ1) is 13.6. The summed E-state index contributed by atoms with van der Waals surface area (Å²) >= 11 is 6.06. The van der Waals surface area contributed by atoms with Gasteiger partial charge < -0.3 is 0 Å². The highest BCUT2D eigenvalue weighted by Crippen LogP contribution is 2.25. The second-order valence-electron chi connectivity index (χ2n) is 4.57. The largest absolute Gasteiger partial charge is 0.292 e. The van der Waals surface area contributed by atoms with Crippen molar-refractivity contribution in [2.75, 3.05) is 0 Å². The molecule has 2 aromatic carbocycles. The Hall–Kier alpha value is -2.33. The first-order valence-corrected chi connectivity index (χ1v) is 6.68. The maximum atomic E-state index is 12.9. The monoisotopic (exact) mass is 301 g/mol. The molecular weight excluding hydrogens is 293 g/mol. The fraction of sp³-hybridized carbons (Fsp3) is 0.0625. The molecule has 0 fully saturated rings. The molecule has 0 aromatic heterocycles. The summed E-state index contributed by atoms with van der Waals surface area (Å²) in [7, 11) is 0. The van der Waals surface area contributed by atoms with E-state index in [2.05, 4.69) is 4.99 Å². The molecule has 0 amide bonds. The summed E-state index contributed by atoms with van der Waals surface area (Å²) in [5.41, 5.74) is 0.936. The van der Waals surface area contributed by atoms with E-state index in [0.29, 0.717) is 16.8 Å². The second-order valence-corrected chi connectivity index (χ2v) is 5.01. The number of hydrogen-bond acceptors (Lipinski definition) is 3. The molecule has 0 saturated carbocycles. The van der Waals surface area contributed by atoms with E-state index in [-0.39, 0.29) is 17.3 Å². The Kier molecular flexibility index (Phi) is 3.39. The first-order chi connectivity index (χ1) is 10.1. The van der Waals surface area contributed by atoms with Gasteiger partial charge in [0.2, 0.25) is 5.78 Å². The van der Waals surface area contributed by atoms with Crippen molar-refractivity contribution in [3.05, 3.63) is 65.5 Å². The first-order valence-electron chi connectivity index (χ1n) is 6.24. The normalized spacial score (nSPS) is 19.7. The van der Waals surface area contributed by atoms with Crippen LogP contribution in [0.2, 0.25) is 0 Å². The molecule has 104 valence electrons. The van der Waals surface area contributed by atoms with Gasteiger partial charge in [-0.15, -0.1) is 11.6 Å². The summed E-state index contributed by atoms with van der Waals surface area (Å²) in [5, 5.41) is -1.13. The number of nitrogens with zero attached hydrogens (tertiary/aromatic N) is 1. The van der Waals surface area contributed by atoms with Crippen LogP contribution in [-0.2, 0) is 0 Å². The van der Waals surface area contributed by atoms with Gasteiger partial charge in [0, 0.05) is 11.1 Å². The number of halogens is 2. The van der Waals surface area contributed by atoms with Crippen LogP contribution < -0.4 is 0 Å². The topological polar surface area (TPSA) is 46.5 Å². The number of hydrogen-bond donors (Lipinski definition) is 0. The summed E-state index contributed by atoms with van der Waals surface area (Å²) in [6.07, 6.45) is 0. The van der Waals surface area contributed by atoms with Crippen molar-refractivity contribution < 1.29 is 14.0 Å². The Morgan fingerprint density at radius 3 is 2.24 bits per heavy atom. The minimum atomic E-state index is -1.13. The maximum absolute atomic E-state index is 12.9. The Morgan fingerprint density at radius 1 is 0.952 bits per heavy atom.